The Morgan fingerprint density at radius 1 is 1.27 bits per heavy atom. The fourth-order valence-electron chi connectivity index (χ4n) is 1.22. The van der Waals surface area contributed by atoms with Crippen LogP contribution in [0.1, 0.15) is 19.3 Å². The van der Waals surface area contributed by atoms with E-state index in [0.29, 0.717) is 5.92 Å². The molecule has 0 aromatic rings. The summed E-state index contributed by atoms with van der Waals surface area (Å²) in [5.74, 6) is 6.31. The molecule has 1 fully saturated rings. The molecule has 0 saturated carbocycles. The molecule has 0 amide bonds. The van der Waals surface area contributed by atoms with E-state index in [9.17, 15) is 0 Å². The van der Waals surface area contributed by atoms with E-state index in [2.05, 4.69) is 11.8 Å². The number of aliphatic hydroxyl groups is 1. The van der Waals surface area contributed by atoms with E-state index in [-0.39, 0.29) is 6.61 Å². The highest BCUT2D eigenvalue weighted by atomic mass is 16.5. The van der Waals surface area contributed by atoms with Crippen LogP contribution in [0.15, 0.2) is 0 Å². The van der Waals surface area contributed by atoms with Gasteiger partial charge in [0.2, 0.25) is 0 Å². The molecule has 1 rings (SSSR count). The smallest absolute Gasteiger partial charge is 0.104 e. The predicted octanol–water partition coefficient (Wildman–Crippen LogP) is 0.799. The molecule has 0 atom stereocenters. The molecule has 11 heavy (non-hydrogen) atoms. The Kier molecular flexibility index (Phi) is 4.03. The molecule has 0 radical (unpaired) electrons. The van der Waals surface area contributed by atoms with Gasteiger partial charge in [-0.1, -0.05) is 5.92 Å². The van der Waals surface area contributed by atoms with Crippen molar-refractivity contribution in [3.63, 3.8) is 0 Å². The van der Waals surface area contributed by atoms with Crippen LogP contribution in [0.3, 0.4) is 0 Å². The van der Waals surface area contributed by atoms with Gasteiger partial charge in [0.25, 0.3) is 0 Å². The molecule has 0 spiro atoms. The average Bonchev–Trinajstić information content (AvgIpc) is 2.07. The Labute approximate surface area is 67.6 Å². The minimum atomic E-state index is -0.0107. The van der Waals surface area contributed by atoms with Gasteiger partial charge in [-0.05, 0) is 18.8 Å². The van der Waals surface area contributed by atoms with Crippen LogP contribution in [0.4, 0.5) is 0 Å². The highest BCUT2D eigenvalue weighted by Crippen LogP contribution is 2.17. The second-order valence-corrected chi connectivity index (χ2v) is 2.77. The maximum atomic E-state index is 8.40. The van der Waals surface area contributed by atoms with Crippen LogP contribution >= 0.6 is 0 Å². The lowest BCUT2D eigenvalue weighted by molar-refractivity contribution is 0.0678. The lowest BCUT2D eigenvalue weighted by Gasteiger charge is -2.19. The molecule has 2 heteroatoms. The van der Waals surface area contributed by atoms with Gasteiger partial charge in [-0.3, -0.25) is 0 Å². The van der Waals surface area contributed by atoms with Crippen LogP contribution in [0.2, 0.25) is 0 Å². The standard InChI is InChI=1S/C9H14O2/c10-6-2-1-3-9-4-7-11-8-5-9/h9-10H,3-8H2. The topological polar surface area (TPSA) is 29.5 Å². The summed E-state index contributed by atoms with van der Waals surface area (Å²) < 4.78 is 5.21. The van der Waals surface area contributed by atoms with Crippen molar-refractivity contribution < 1.29 is 9.84 Å². The summed E-state index contributed by atoms with van der Waals surface area (Å²) in [5, 5.41) is 8.40. The summed E-state index contributed by atoms with van der Waals surface area (Å²) in [4.78, 5) is 0. The van der Waals surface area contributed by atoms with E-state index >= 15 is 0 Å². The van der Waals surface area contributed by atoms with Crippen molar-refractivity contribution in [1.82, 2.24) is 0 Å². The molecule has 62 valence electrons. The van der Waals surface area contributed by atoms with Gasteiger partial charge in [0.05, 0.1) is 0 Å². The Bertz CT molecular complexity index is 149. The van der Waals surface area contributed by atoms with Gasteiger partial charge in [0.1, 0.15) is 6.61 Å². The van der Waals surface area contributed by atoms with Gasteiger partial charge in [0.15, 0.2) is 0 Å². The first-order chi connectivity index (χ1) is 5.43. The van der Waals surface area contributed by atoms with Crippen LogP contribution in [0.25, 0.3) is 0 Å². The quantitative estimate of drug-likeness (QED) is 0.566. The Hall–Kier alpha value is -0.520. The molecule has 2 nitrogen and oxygen atoms in total. The first kappa shape index (κ1) is 8.58. The van der Waals surface area contributed by atoms with E-state index in [4.69, 9.17) is 9.84 Å². The molecule has 1 saturated heterocycles. The number of hydrogen-bond acceptors (Lipinski definition) is 2. The zero-order chi connectivity index (χ0) is 7.94. The van der Waals surface area contributed by atoms with Crippen LogP contribution in [-0.2, 0) is 4.74 Å². The van der Waals surface area contributed by atoms with Crippen LogP contribution in [0.5, 0.6) is 0 Å². The van der Waals surface area contributed by atoms with Crippen molar-refractivity contribution in [2.75, 3.05) is 19.8 Å². The molecular weight excluding hydrogens is 140 g/mol. The van der Waals surface area contributed by atoms with Gasteiger partial charge in [-0.25, -0.2) is 0 Å². The summed E-state index contributed by atoms with van der Waals surface area (Å²) in [6.07, 6.45) is 3.17. The monoisotopic (exact) mass is 154 g/mol. The molecule has 1 aliphatic heterocycles. The van der Waals surface area contributed by atoms with Gasteiger partial charge >= 0.3 is 0 Å². The van der Waals surface area contributed by atoms with E-state index in [1.54, 1.807) is 0 Å². The SMILES string of the molecule is OCC#CCC1CCOCC1. The Morgan fingerprint density at radius 3 is 2.64 bits per heavy atom. The zero-order valence-electron chi connectivity index (χ0n) is 6.68. The summed E-state index contributed by atoms with van der Waals surface area (Å²) in [6.45, 7) is 1.75. The van der Waals surface area contributed by atoms with Crippen LogP contribution < -0.4 is 0 Å². The van der Waals surface area contributed by atoms with E-state index < -0.39 is 0 Å². The zero-order valence-corrected chi connectivity index (χ0v) is 6.68. The lowest BCUT2D eigenvalue weighted by atomic mass is 9.97. The minimum absolute atomic E-state index is 0.0107. The van der Waals surface area contributed by atoms with Crippen LogP contribution in [-0.4, -0.2) is 24.9 Å². The van der Waals surface area contributed by atoms with E-state index in [0.717, 1.165) is 32.5 Å². The highest BCUT2D eigenvalue weighted by molar-refractivity contribution is 4.99. The first-order valence-corrected chi connectivity index (χ1v) is 4.08. The molecule has 0 aromatic heterocycles. The summed E-state index contributed by atoms with van der Waals surface area (Å²) in [7, 11) is 0. The van der Waals surface area contributed by atoms with Gasteiger partial charge in [0, 0.05) is 19.6 Å². The summed E-state index contributed by atoms with van der Waals surface area (Å²) in [5.41, 5.74) is 0. The minimum Gasteiger partial charge on any atom is -0.384 e. The van der Waals surface area contributed by atoms with Gasteiger partial charge in [-0.2, -0.15) is 0 Å². The molecule has 0 aliphatic carbocycles. The predicted molar refractivity (Wildman–Crippen MR) is 43.0 cm³/mol. The van der Waals surface area contributed by atoms with E-state index in [1.165, 1.54) is 0 Å². The highest BCUT2D eigenvalue weighted by Gasteiger charge is 2.11. The number of aliphatic hydroxyl groups excluding tert-OH is 1. The number of rotatable bonds is 1. The maximum Gasteiger partial charge on any atom is 0.104 e. The van der Waals surface area contributed by atoms with Crippen molar-refractivity contribution in [2.24, 2.45) is 5.92 Å². The van der Waals surface area contributed by atoms with Crippen molar-refractivity contribution in [3.8, 4) is 11.8 Å². The lowest BCUT2D eigenvalue weighted by Crippen LogP contribution is -2.14. The maximum absolute atomic E-state index is 8.40. The Morgan fingerprint density at radius 2 is 2.00 bits per heavy atom. The number of hydrogen-bond donors (Lipinski definition) is 1. The average molecular weight is 154 g/mol. The molecule has 1 aliphatic rings. The first-order valence-electron chi connectivity index (χ1n) is 4.08. The summed E-state index contributed by atoms with van der Waals surface area (Å²) in [6, 6.07) is 0. The van der Waals surface area contributed by atoms with Crippen molar-refractivity contribution >= 4 is 0 Å². The second-order valence-electron chi connectivity index (χ2n) is 2.77. The molecule has 1 heterocycles. The molecule has 1 N–H and O–H groups in total. The number of ether oxygens (including phenoxy) is 1. The summed E-state index contributed by atoms with van der Waals surface area (Å²) >= 11 is 0. The van der Waals surface area contributed by atoms with Gasteiger partial charge < -0.3 is 9.84 Å². The third kappa shape index (κ3) is 3.41. The fraction of sp³-hybridized carbons (Fsp3) is 0.778. The third-order valence-electron chi connectivity index (χ3n) is 1.94. The van der Waals surface area contributed by atoms with Crippen molar-refractivity contribution in [1.29, 1.82) is 0 Å². The third-order valence-corrected chi connectivity index (χ3v) is 1.94. The van der Waals surface area contributed by atoms with Gasteiger partial charge in [-0.15, -0.1) is 5.92 Å². The fourth-order valence-corrected chi connectivity index (χ4v) is 1.22. The van der Waals surface area contributed by atoms with E-state index in [1.807, 2.05) is 0 Å². The van der Waals surface area contributed by atoms with Crippen molar-refractivity contribution in [2.45, 2.75) is 19.3 Å². The second kappa shape index (κ2) is 5.17. The molecule has 0 aromatic carbocycles. The molecular formula is C9H14O2. The molecule has 0 bridgehead atoms. The largest absolute Gasteiger partial charge is 0.384 e. The van der Waals surface area contributed by atoms with Crippen LogP contribution in [0, 0.1) is 17.8 Å². The normalized spacial score (nSPS) is 19.0. The molecule has 0 unspecified atom stereocenters. The van der Waals surface area contributed by atoms with Crippen molar-refractivity contribution in [3.05, 3.63) is 0 Å². The Balaban J connectivity index is 2.14.